The van der Waals surface area contributed by atoms with E-state index in [0.29, 0.717) is 0 Å². The second-order valence-corrected chi connectivity index (χ2v) is 21.4. The molecule has 0 fully saturated rings. The summed E-state index contributed by atoms with van der Waals surface area (Å²) in [6, 6.07) is 51.9. The van der Waals surface area contributed by atoms with Crippen LogP contribution in [0.5, 0.6) is 0 Å². The van der Waals surface area contributed by atoms with E-state index in [2.05, 4.69) is 226 Å². The third kappa shape index (κ3) is 15.8. The van der Waals surface area contributed by atoms with Gasteiger partial charge in [0.25, 0.3) is 0 Å². The molecule has 0 unspecified atom stereocenters. The molecule has 0 aliphatic rings. The molecule has 0 amide bonds. The molecule has 0 N–H and O–H groups in total. The van der Waals surface area contributed by atoms with Gasteiger partial charge < -0.3 is 18.4 Å². The van der Waals surface area contributed by atoms with Crippen molar-refractivity contribution in [2.24, 2.45) is 0 Å². The van der Waals surface area contributed by atoms with Gasteiger partial charge in [0.05, 0.1) is 72.2 Å². The third-order valence-corrected chi connectivity index (χ3v) is 16.4. The first-order chi connectivity index (χ1) is 28.9. The van der Waals surface area contributed by atoms with Gasteiger partial charge in [0.15, 0.2) is 15.1 Å². The minimum absolute atomic E-state index is 0. The van der Waals surface area contributed by atoms with Crippen LogP contribution in [0.1, 0.15) is 59.4 Å². The number of hydrogen-bond donors (Lipinski definition) is 0. The van der Waals surface area contributed by atoms with E-state index >= 15 is 0 Å². The molecule has 332 valence electrons. The van der Waals surface area contributed by atoms with Crippen LogP contribution >= 0.6 is 15.8 Å². The fraction of sp³-hybridized carbons (Fsp3) is 0.250. The fourth-order valence-corrected chi connectivity index (χ4v) is 12.5. The predicted octanol–water partition coefficient (Wildman–Crippen LogP) is 7.15. The van der Waals surface area contributed by atoms with E-state index in [9.17, 15) is 0 Å². The number of hydrogen-bond acceptors (Lipinski definition) is 4. The van der Waals surface area contributed by atoms with E-state index in [4.69, 9.17) is 0 Å². The second-order valence-electron chi connectivity index (χ2n) is 15.7. The number of aromatic nitrogens is 8. The molecular weight excluding hydrogens is 988 g/mol. The Balaban J connectivity index is 0.000000218. The third-order valence-electron chi connectivity index (χ3n) is 10.9. The molecule has 0 aliphatic carbocycles. The first-order valence-electron chi connectivity index (χ1n) is 21.5. The summed E-state index contributed by atoms with van der Waals surface area (Å²) in [5.41, 5.74) is 9.21. The molecule has 8 rings (SSSR count). The Bertz CT molecular complexity index is 2130. The van der Waals surface area contributed by atoms with E-state index in [-0.39, 0.29) is 44.8 Å². The van der Waals surface area contributed by atoms with Gasteiger partial charge in [0, 0.05) is 0 Å². The molecule has 0 spiro atoms. The Kier molecular flexibility index (Phi) is 22.6. The van der Waals surface area contributed by atoms with Crippen LogP contribution in [0.15, 0.2) is 146 Å². The van der Waals surface area contributed by atoms with Gasteiger partial charge in [-0.3, -0.25) is 0 Å². The summed E-state index contributed by atoms with van der Waals surface area (Å²) < 4.78 is 8.37. The van der Waals surface area contributed by atoms with E-state index < -0.39 is 30.9 Å². The fourth-order valence-electron chi connectivity index (χ4n) is 7.84. The molecule has 8 nitrogen and oxygen atoms in total. The van der Waals surface area contributed by atoms with Gasteiger partial charge in [-0.15, -0.1) is 0 Å². The first-order valence-corrected chi connectivity index (χ1v) is 24.9. The smallest absolute Gasteiger partial charge is 0.426 e. The first kappa shape index (κ1) is 52.5. The van der Waals surface area contributed by atoms with Crippen LogP contribution in [0.4, 0.5) is 0 Å². The number of aryl methyl sites for hydroxylation is 8. The zero-order chi connectivity index (χ0) is 43.0. The van der Waals surface area contributed by atoms with Crippen LogP contribution in [0.3, 0.4) is 0 Å². The molecule has 0 saturated carbocycles. The van der Waals surface area contributed by atoms with E-state index in [1.165, 1.54) is 56.3 Å². The SMILES string of the molecule is CC[PH+](c1ccccc1)c1ccccc1.CC[PH+](c1ccccc1)c1ccccc1.Cc1cc(C)n([BH2-]n2nc(C)cc2C)n1.Cc1cc(C)n([BH2-]n2nc(C)cc2C)n1.[Ag+].[Ag+]. The molecule has 4 aromatic heterocycles. The zero-order valence-corrected chi connectivity index (χ0v) is 43.4. The van der Waals surface area contributed by atoms with E-state index in [1.807, 2.05) is 27.7 Å². The van der Waals surface area contributed by atoms with Crippen molar-refractivity contribution in [3.63, 3.8) is 0 Å². The van der Waals surface area contributed by atoms with Crippen LogP contribution < -0.4 is 21.2 Å². The maximum Gasteiger partial charge on any atom is 1.00 e. The van der Waals surface area contributed by atoms with Gasteiger partial charge in [-0.25, -0.2) is 20.4 Å². The van der Waals surface area contributed by atoms with Crippen molar-refractivity contribution in [3.05, 3.63) is 191 Å². The van der Waals surface area contributed by atoms with Crippen LogP contribution in [0, 0.1) is 55.4 Å². The standard InChI is InChI=1S/2C14H15P.2C10H16BN4.2Ag/c2*1-2-15(13-9-5-3-6-10-13)14-11-7-4-8-12-14;2*1-7-5-9(3)14(12-7)11-15-10(4)6-8(2)13-15;;/h2*3-12H,2H2,1H3;2*5-6H,11H2,1-4H3;;/q;;2*-1;2*+1/p+2. The van der Waals surface area contributed by atoms with E-state index in [1.54, 1.807) is 0 Å². The maximum atomic E-state index is 4.47. The van der Waals surface area contributed by atoms with Crippen LogP contribution in [0.25, 0.3) is 0 Å². The molecule has 14 heteroatoms. The van der Waals surface area contributed by atoms with Gasteiger partial charge in [0.2, 0.25) is 0 Å². The minimum Gasteiger partial charge on any atom is -0.426 e. The van der Waals surface area contributed by atoms with Crippen molar-refractivity contribution in [2.75, 3.05) is 12.3 Å². The molecule has 0 aliphatic heterocycles. The maximum absolute atomic E-state index is 4.47. The largest absolute Gasteiger partial charge is 1.00 e. The summed E-state index contributed by atoms with van der Waals surface area (Å²) in [5.74, 6) is 0. The van der Waals surface area contributed by atoms with Gasteiger partial charge >= 0.3 is 44.8 Å². The van der Waals surface area contributed by atoms with E-state index in [0.717, 1.165) is 22.8 Å². The summed E-state index contributed by atoms with van der Waals surface area (Å²) in [5, 5.41) is 23.9. The summed E-state index contributed by atoms with van der Waals surface area (Å²) in [7, 11) is -2.09. The topological polar surface area (TPSA) is 71.3 Å². The molecule has 8 aromatic rings. The van der Waals surface area contributed by atoms with Gasteiger partial charge in [-0.1, -0.05) is 72.8 Å². The van der Waals surface area contributed by atoms with Gasteiger partial charge in [-0.05, 0) is 165 Å². The molecule has 4 heterocycles. The minimum atomic E-state index is -0.539. The van der Waals surface area contributed by atoms with Crippen LogP contribution in [-0.2, 0) is 44.8 Å². The molecule has 0 saturated heterocycles. The number of benzene rings is 4. The molecule has 4 aromatic carbocycles. The predicted molar refractivity (Wildman–Crippen MR) is 267 cm³/mol. The van der Waals surface area contributed by atoms with Crippen molar-refractivity contribution in [3.8, 4) is 0 Å². The summed E-state index contributed by atoms with van der Waals surface area (Å²) in [4.78, 5) is 0. The average molecular weight is 1050 g/mol. The normalized spacial score (nSPS) is 10.4. The molecule has 0 bridgehead atoms. The Hall–Kier alpha value is -3.81. The average Bonchev–Trinajstić information content (AvgIpc) is 3.96. The number of nitrogens with zero attached hydrogens (tertiary/aromatic N) is 8. The van der Waals surface area contributed by atoms with Crippen LogP contribution in [0.2, 0.25) is 0 Å². The van der Waals surface area contributed by atoms with Crippen molar-refractivity contribution >= 4 is 52.2 Å². The monoisotopic (exact) mass is 1050 g/mol. The Morgan fingerprint density at radius 1 is 0.355 bits per heavy atom. The van der Waals surface area contributed by atoms with Crippen molar-refractivity contribution in [1.29, 1.82) is 0 Å². The van der Waals surface area contributed by atoms with Crippen molar-refractivity contribution in [2.45, 2.75) is 69.2 Å². The van der Waals surface area contributed by atoms with Crippen LogP contribution in [-0.4, -0.2) is 66.2 Å². The Labute approximate surface area is 405 Å². The number of rotatable bonds is 10. The van der Waals surface area contributed by atoms with Gasteiger partial charge in [0.1, 0.15) is 0 Å². The second kappa shape index (κ2) is 26.7. The Morgan fingerprint density at radius 3 is 0.694 bits per heavy atom. The quantitative estimate of drug-likeness (QED) is 0.108. The molecule has 0 radical (unpaired) electrons. The summed E-state index contributed by atoms with van der Waals surface area (Å²) in [6.07, 6.45) is 2.50. The molecular formula is C48H64Ag2B2N8P2+2. The zero-order valence-electron chi connectivity index (χ0n) is 38.5. The summed E-state index contributed by atoms with van der Waals surface area (Å²) >= 11 is 0. The molecule has 0 atom stereocenters. The van der Waals surface area contributed by atoms with Gasteiger partial charge in [-0.2, -0.15) is 0 Å². The van der Waals surface area contributed by atoms with Crippen molar-refractivity contribution < 1.29 is 44.8 Å². The molecule has 62 heavy (non-hydrogen) atoms. The Morgan fingerprint density at radius 2 is 0.548 bits per heavy atom. The summed E-state index contributed by atoms with van der Waals surface area (Å²) in [6.45, 7) is 21.0. The van der Waals surface area contributed by atoms with Crippen molar-refractivity contribution in [1.82, 2.24) is 38.8 Å².